The summed E-state index contributed by atoms with van der Waals surface area (Å²) >= 11 is 0. The fourth-order valence-corrected chi connectivity index (χ4v) is 2.31. The van der Waals surface area contributed by atoms with Gasteiger partial charge in [-0.1, -0.05) is 12.5 Å². The number of pyridine rings is 1. The Hall–Kier alpha value is -1.09. The first-order chi connectivity index (χ1) is 9.03. The Morgan fingerprint density at radius 1 is 1.21 bits per heavy atom. The van der Waals surface area contributed by atoms with Gasteiger partial charge in [0.1, 0.15) is 6.10 Å². The molecule has 1 N–H and O–H groups in total. The molecule has 3 heteroatoms. The monoisotopic (exact) mass is 262 g/mol. The summed E-state index contributed by atoms with van der Waals surface area (Å²) in [5.74, 6) is 0.770. The van der Waals surface area contributed by atoms with E-state index in [-0.39, 0.29) is 5.54 Å². The third-order valence-corrected chi connectivity index (χ3v) is 3.46. The van der Waals surface area contributed by atoms with Crippen molar-refractivity contribution in [3.8, 4) is 5.88 Å². The molecular formula is C16H26N2O. The van der Waals surface area contributed by atoms with E-state index < -0.39 is 0 Å². The van der Waals surface area contributed by atoms with Crippen LogP contribution < -0.4 is 10.1 Å². The van der Waals surface area contributed by atoms with Crippen LogP contribution in [0.5, 0.6) is 5.88 Å². The molecule has 2 rings (SSSR count). The van der Waals surface area contributed by atoms with Crippen LogP contribution in [0.15, 0.2) is 18.3 Å². The zero-order valence-corrected chi connectivity index (χ0v) is 12.4. The van der Waals surface area contributed by atoms with Crippen LogP contribution in [0.25, 0.3) is 0 Å². The van der Waals surface area contributed by atoms with Gasteiger partial charge in [-0.2, -0.15) is 0 Å². The quantitative estimate of drug-likeness (QED) is 0.898. The summed E-state index contributed by atoms with van der Waals surface area (Å²) < 4.78 is 5.92. The molecule has 19 heavy (non-hydrogen) atoms. The van der Waals surface area contributed by atoms with E-state index in [1.165, 1.54) is 37.7 Å². The first-order valence-electron chi connectivity index (χ1n) is 7.39. The van der Waals surface area contributed by atoms with Gasteiger partial charge < -0.3 is 10.1 Å². The number of nitrogens with zero attached hydrogens (tertiary/aromatic N) is 1. The minimum absolute atomic E-state index is 0.136. The molecule has 0 amide bonds. The molecule has 1 aromatic rings. The molecule has 0 aromatic carbocycles. The van der Waals surface area contributed by atoms with E-state index in [1.807, 2.05) is 12.3 Å². The number of hydrogen-bond acceptors (Lipinski definition) is 3. The molecule has 1 aliphatic carbocycles. The fourth-order valence-electron chi connectivity index (χ4n) is 2.31. The van der Waals surface area contributed by atoms with Crippen molar-refractivity contribution in [2.75, 3.05) is 0 Å². The molecule has 0 unspecified atom stereocenters. The van der Waals surface area contributed by atoms with Gasteiger partial charge in [0.05, 0.1) is 0 Å². The highest BCUT2D eigenvalue weighted by Gasteiger charge is 2.15. The van der Waals surface area contributed by atoms with E-state index in [9.17, 15) is 0 Å². The molecule has 106 valence electrons. The van der Waals surface area contributed by atoms with E-state index >= 15 is 0 Å². The van der Waals surface area contributed by atoms with Gasteiger partial charge in [0.25, 0.3) is 0 Å². The van der Waals surface area contributed by atoms with Crippen LogP contribution in [0, 0.1) is 0 Å². The lowest BCUT2D eigenvalue weighted by Gasteiger charge is -2.22. The van der Waals surface area contributed by atoms with E-state index in [1.54, 1.807) is 0 Å². The number of hydrogen-bond donors (Lipinski definition) is 1. The molecule has 1 aliphatic rings. The molecule has 0 spiro atoms. The van der Waals surface area contributed by atoms with Crippen molar-refractivity contribution in [2.24, 2.45) is 0 Å². The molecule has 3 nitrogen and oxygen atoms in total. The third-order valence-electron chi connectivity index (χ3n) is 3.46. The molecule has 0 bridgehead atoms. The van der Waals surface area contributed by atoms with E-state index in [2.05, 4.69) is 37.1 Å². The predicted octanol–water partition coefficient (Wildman–Crippen LogP) is 3.68. The lowest BCUT2D eigenvalue weighted by Crippen LogP contribution is -2.35. The van der Waals surface area contributed by atoms with Gasteiger partial charge in [-0.15, -0.1) is 0 Å². The Balaban J connectivity index is 1.83. The minimum Gasteiger partial charge on any atom is -0.474 e. The van der Waals surface area contributed by atoms with Crippen molar-refractivity contribution in [3.63, 3.8) is 0 Å². The lowest BCUT2D eigenvalue weighted by atomic mass is 9.98. The molecule has 0 aliphatic heterocycles. The van der Waals surface area contributed by atoms with E-state index in [4.69, 9.17) is 4.74 Å². The van der Waals surface area contributed by atoms with Gasteiger partial charge in [-0.05, 0) is 52.0 Å². The van der Waals surface area contributed by atoms with E-state index in [0.717, 1.165) is 12.4 Å². The summed E-state index contributed by atoms with van der Waals surface area (Å²) in [6, 6.07) is 4.10. The maximum atomic E-state index is 5.92. The summed E-state index contributed by atoms with van der Waals surface area (Å²) in [7, 11) is 0. The first kappa shape index (κ1) is 14.3. The highest BCUT2D eigenvalue weighted by Crippen LogP contribution is 2.22. The zero-order chi connectivity index (χ0) is 13.7. The summed E-state index contributed by atoms with van der Waals surface area (Å²) in [4.78, 5) is 4.41. The fraction of sp³-hybridized carbons (Fsp3) is 0.688. The SMILES string of the molecule is CC(C)(C)NCc1ccc(OC2CCCCC2)nc1. The average molecular weight is 262 g/mol. The summed E-state index contributed by atoms with van der Waals surface area (Å²) in [5.41, 5.74) is 1.34. The second kappa shape index (κ2) is 6.38. The molecule has 0 saturated heterocycles. The van der Waals surface area contributed by atoms with E-state index in [0.29, 0.717) is 6.10 Å². The standard InChI is InChI=1S/C16H26N2O/c1-16(2,3)18-12-13-9-10-15(17-11-13)19-14-7-5-4-6-8-14/h9-11,14,18H,4-8,12H2,1-3H3. The molecule has 0 radical (unpaired) electrons. The zero-order valence-electron chi connectivity index (χ0n) is 12.4. The topological polar surface area (TPSA) is 34.1 Å². The second-order valence-corrected chi connectivity index (χ2v) is 6.49. The van der Waals surface area contributed by atoms with Crippen molar-refractivity contribution in [2.45, 2.75) is 71.1 Å². The minimum atomic E-state index is 0.136. The Morgan fingerprint density at radius 3 is 2.53 bits per heavy atom. The maximum Gasteiger partial charge on any atom is 0.213 e. The summed E-state index contributed by atoms with van der Waals surface area (Å²) in [5, 5.41) is 3.46. The van der Waals surface area contributed by atoms with Crippen LogP contribution in [0.4, 0.5) is 0 Å². The molecule has 1 aromatic heterocycles. The highest BCUT2D eigenvalue weighted by atomic mass is 16.5. The number of aromatic nitrogens is 1. The van der Waals surface area contributed by atoms with Crippen molar-refractivity contribution < 1.29 is 4.74 Å². The lowest BCUT2D eigenvalue weighted by molar-refractivity contribution is 0.148. The van der Waals surface area contributed by atoms with Crippen LogP contribution in [0.2, 0.25) is 0 Å². The maximum absolute atomic E-state index is 5.92. The van der Waals surface area contributed by atoms with Crippen LogP contribution in [-0.2, 0) is 6.54 Å². The Labute approximate surface area is 116 Å². The Kier molecular flexibility index (Phi) is 4.81. The summed E-state index contributed by atoms with van der Waals surface area (Å²) in [6.45, 7) is 7.35. The molecule has 1 heterocycles. The second-order valence-electron chi connectivity index (χ2n) is 6.49. The van der Waals surface area contributed by atoms with Gasteiger partial charge in [0, 0.05) is 24.3 Å². The van der Waals surface area contributed by atoms with Crippen LogP contribution in [-0.4, -0.2) is 16.6 Å². The van der Waals surface area contributed by atoms with Crippen molar-refractivity contribution in [3.05, 3.63) is 23.9 Å². The number of ether oxygens (including phenoxy) is 1. The van der Waals surface area contributed by atoms with Crippen molar-refractivity contribution in [1.82, 2.24) is 10.3 Å². The van der Waals surface area contributed by atoms with Gasteiger partial charge in [0.15, 0.2) is 0 Å². The third kappa shape index (κ3) is 5.19. The van der Waals surface area contributed by atoms with Crippen LogP contribution >= 0.6 is 0 Å². The smallest absolute Gasteiger partial charge is 0.213 e. The van der Waals surface area contributed by atoms with Gasteiger partial charge in [-0.25, -0.2) is 4.98 Å². The molecule has 1 fully saturated rings. The Bertz CT molecular complexity index is 375. The van der Waals surface area contributed by atoms with Gasteiger partial charge in [0.2, 0.25) is 5.88 Å². The number of rotatable bonds is 4. The largest absolute Gasteiger partial charge is 0.474 e. The Morgan fingerprint density at radius 2 is 1.95 bits per heavy atom. The molecule has 0 atom stereocenters. The van der Waals surface area contributed by atoms with Gasteiger partial charge in [-0.3, -0.25) is 0 Å². The average Bonchev–Trinajstić information content (AvgIpc) is 2.38. The van der Waals surface area contributed by atoms with Crippen molar-refractivity contribution >= 4 is 0 Å². The highest BCUT2D eigenvalue weighted by molar-refractivity contribution is 5.18. The normalized spacial score (nSPS) is 17.4. The first-order valence-corrected chi connectivity index (χ1v) is 7.39. The van der Waals surface area contributed by atoms with Crippen LogP contribution in [0.3, 0.4) is 0 Å². The summed E-state index contributed by atoms with van der Waals surface area (Å²) in [6.07, 6.45) is 8.57. The van der Waals surface area contributed by atoms with Gasteiger partial charge >= 0.3 is 0 Å². The van der Waals surface area contributed by atoms with Crippen molar-refractivity contribution in [1.29, 1.82) is 0 Å². The number of nitrogens with one attached hydrogen (secondary N) is 1. The van der Waals surface area contributed by atoms with Crippen LogP contribution in [0.1, 0.15) is 58.4 Å². The predicted molar refractivity (Wildman–Crippen MR) is 78.3 cm³/mol. The molecule has 1 saturated carbocycles. The molecular weight excluding hydrogens is 236 g/mol.